The van der Waals surface area contributed by atoms with Crippen molar-refractivity contribution in [2.75, 3.05) is 26.2 Å². The van der Waals surface area contributed by atoms with Gasteiger partial charge in [0.25, 0.3) is 0 Å². The van der Waals surface area contributed by atoms with Gasteiger partial charge >= 0.3 is 0 Å². The molecule has 0 aromatic rings. The molecular formula is C16H31N3. The summed E-state index contributed by atoms with van der Waals surface area (Å²) in [5.74, 6) is 1.40. The molecule has 1 saturated heterocycles. The molecule has 0 aromatic carbocycles. The average molecular weight is 265 g/mol. The van der Waals surface area contributed by atoms with E-state index in [9.17, 15) is 0 Å². The number of nitriles is 1. The highest BCUT2D eigenvalue weighted by atomic mass is 15.2. The first-order valence-corrected chi connectivity index (χ1v) is 7.63. The van der Waals surface area contributed by atoms with Gasteiger partial charge in [-0.15, -0.1) is 0 Å². The number of hydrogen-bond donors (Lipinski definition) is 1. The molecule has 1 fully saturated rings. The van der Waals surface area contributed by atoms with Gasteiger partial charge in [-0.2, -0.15) is 5.26 Å². The minimum atomic E-state index is 0.378. The van der Waals surface area contributed by atoms with Gasteiger partial charge in [0.1, 0.15) is 0 Å². The van der Waals surface area contributed by atoms with Crippen LogP contribution >= 0.6 is 0 Å². The fourth-order valence-electron chi connectivity index (χ4n) is 3.10. The van der Waals surface area contributed by atoms with Crippen molar-refractivity contribution >= 4 is 0 Å². The van der Waals surface area contributed by atoms with E-state index in [0.717, 1.165) is 19.6 Å². The third-order valence-electron chi connectivity index (χ3n) is 3.62. The van der Waals surface area contributed by atoms with Crippen LogP contribution < -0.4 is 5.32 Å². The maximum absolute atomic E-state index is 8.93. The minimum absolute atomic E-state index is 0.378. The van der Waals surface area contributed by atoms with Crippen LogP contribution in [0.3, 0.4) is 0 Å². The molecule has 3 heteroatoms. The highest BCUT2D eigenvalue weighted by molar-refractivity contribution is 4.89. The SMILES string of the molecule is CC(C)CNC1CC(CC(C)(C)C)CN(CC#N)C1. The van der Waals surface area contributed by atoms with Gasteiger partial charge in [0, 0.05) is 19.1 Å². The van der Waals surface area contributed by atoms with Crippen molar-refractivity contribution in [2.24, 2.45) is 17.3 Å². The number of likely N-dealkylation sites (tertiary alicyclic amines) is 1. The molecule has 0 aliphatic carbocycles. The van der Waals surface area contributed by atoms with E-state index in [2.05, 4.69) is 50.9 Å². The average Bonchev–Trinajstić information content (AvgIpc) is 2.24. The molecular weight excluding hydrogens is 234 g/mol. The number of piperidine rings is 1. The molecule has 110 valence electrons. The molecule has 0 radical (unpaired) electrons. The quantitative estimate of drug-likeness (QED) is 0.777. The Morgan fingerprint density at radius 1 is 1.32 bits per heavy atom. The third kappa shape index (κ3) is 6.94. The highest BCUT2D eigenvalue weighted by Crippen LogP contribution is 2.30. The summed E-state index contributed by atoms with van der Waals surface area (Å²) in [6.45, 7) is 15.2. The first-order valence-electron chi connectivity index (χ1n) is 7.63. The first-order chi connectivity index (χ1) is 8.80. The van der Waals surface area contributed by atoms with Crippen molar-refractivity contribution in [3.8, 4) is 6.07 Å². The van der Waals surface area contributed by atoms with Crippen molar-refractivity contribution in [1.29, 1.82) is 5.26 Å². The van der Waals surface area contributed by atoms with Gasteiger partial charge in [-0.1, -0.05) is 34.6 Å². The number of nitrogens with one attached hydrogen (secondary N) is 1. The van der Waals surface area contributed by atoms with Crippen LogP contribution in [0.4, 0.5) is 0 Å². The second-order valence-corrected chi connectivity index (χ2v) is 7.72. The van der Waals surface area contributed by atoms with E-state index in [4.69, 9.17) is 5.26 Å². The molecule has 1 heterocycles. The van der Waals surface area contributed by atoms with Gasteiger partial charge in [-0.25, -0.2) is 0 Å². The molecule has 0 aromatic heterocycles. The van der Waals surface area contributed by atoms with E-state index in [1.165, 1.54) is 12.8 Å². The molecule has 0 saturated carbocycles. The Labute approximate surface area is 119 Å². The standard InChI is InChI=1S/C16H31N3/c1-13(2)10-18-15-8-14(9-16(3,4)5)11-19(12-15)7-6-17/h13-15,18H,7-12H2,1-5H3. The summed E-state index contributed by atoms with van der Waals surface area (Å²) in [6.07, 6.45) is 2.50. The largest absolute Gasteiger partial charge is 0.312 e. The fourth-order valence-corrected chi connectivity index (χ4v) is 3.10. The van der Waals surface area contributed by atoms with E-state index in [-0.39, 0.29) is 0 Å². The molecule has 0 amide bonds. The summed E-state index contributed by atoms with van der Waals surface area (Å²) in [7, 11) is 0. The summed E-state index contributed by atoms with van der Waals surface area (Å²) >= 11 is 0. The molecule has 0 spiro atoms. The normalized spacial score (nSPS) is 25.5. The maximum Gasteiger partial charge on any atom is 0.0866 e. The summed E-state index contributed by atoms with van der Waals surface area (Å²) in [4.78, 5) is 2.32. The Balaban J connectivity index is 2.55. The number of nitrogens with zero attached hydrogens (tertiary/aromatic N) is 2. The van der Waals surface area contributed by atoms with Crippen LogP contribution in [0.1, 0.15) is 47.5 Å². The molecule has 1 aliphatic heterocycles. The van der Waals surface area contributed by atoms with Crippen LogP contribution in [-0.2, 0) is 0 Å². The Morgan fingerprint density at radius 2 is 2.00 bits per heavy atom. The molecule has 3 nitrogen and oxygen atoms in total. The van der Waals surface area contributed by atoms with Crippen LogP contribution in [0.15, 0.2) is 0 Å². The fraction of sp³-hybridized carbons (Fsp3) is 0.938. The van der Waals surface area contributed by atoms with Crippen molar-refractivity contribution in [2.45, 2.75) is 53.5 Å². The van der Waals surface area contributed by atoms with Gasteiger partial charge in [-0.3, -0.25) is 4.90 Å². The van der Waals surface area contributed by atoms with Crippen LogP contribution in [0, 0.1) is 28.6 Å². The maximum atomic E-state index is 8.93. The summed E-state index contributed by atoms with van der Waals surface area (Å²) in [6, 6.07) is 2.86. The smallest absolute Gasteiger partial charge is 0.0866 e. The lowest BCUT2D eigenvalue weighted by Crippen LogP contribution is -2.50. The zero-order chi connectivity index (χ0) is 14.5. The topological polar surface area (TPSA) is 39.1 Å². The Hall–Kier alpha value is -0.590. The lowest BCUT2D eigenvalue weighted by molar-refractivity contribution is 0.123. The van der Waals surface area contributed by atoms with E-state index in [0.29, 0.717) is 29.8 Å². The van der Waals surface area contributed by atoms with E-state index < -0.39 is 0 Å². The number of hydrogen-bond acceptors (Lipinski definition) is 3. The van der Waals surface area contributed by atoms with Crippen molar-refractivity contribution in [3.63, 3.8) is 0 Å². The lowest BCUT2D eigenvalue weighted by Gasteiger charge is -2.39. The lowest BCUT2D eigenvalue weighted by atomic mass is 9.80. The van der Waals surface area contributed by atoms with Gasteiger partial charge in [-0.05, 0) is 36.6 Å². The Morgan fingerprint density at radius 3 is 2.53 bits per heavy atom. The zero-order valence-corrected chi connectivity index (χ0v) is 13.4. The van der Waals surface area contributed by atoms with Crippen LogP contribution in [0.5, 0.6) is 0 Å². The van der Waals surface area contributed by atoms with Gasteiger partial charge in [0.15, 0.2) is 0 Å². The van der Waals surface area contributed by atoms with Crippen LogP contribution in [0.25, 0.3) is 0 Å². The zero-order valence-electron chi connectivity index (χ0n) is 13.4. The first kappa shape index (κ1) is 16.5. The second kappa shape index (κ2) is 7.26. The molecule has 1 N–H and O–H groups in total. The molecule has 19 heavy (non-hydrogen) atoms. The van der Waals surface area contributed by atoms with Gasteiger partial charge in [0.05, 0.1) is 12.6 Å². The van der Waals surface area contributed by atoms with E-state index in [1.54, 1.807) is 0 Å². The van der Waals surface area contributed by atoms with Gasteiger partial charge < -0.3 is 5.32 Å². The third-order valence-corrected chi connectivity index (χ3v) is 3.62. The second-order valence-electron chi connectivity index (χ2n) is 7.72. The number of rotatable bonds is 5. The summed E-state index contributed by atoms with van der Waals surface area (Å²) in [5.41, 5.74) is 0.378. The van der Waals surface area contributed by atoms with Crippen molar-refractivity contribution in [3.05, 3.63) is 0 Å². The molecule has 2 unspecified atom stereocenters. The monoisotopic (exact) mass is 265 g/mol. The summed E-state index contributed by atoms with van der Waals surface area (Å²) < 4.78 is 0. The van der Waals surface area contributed by atoms with Crippen molar-refractivity contribution in [1.82, 2.24) is 10.2 Å². The Bertz CT molecular complexity index is 298. The minimum Gasteiger partial charge on any atom is -0.312 e. The summed E-state index contributed by atoms with van der Waals surface area (Å²) in [5, 5.41) is 12.6. The van der Waals surface area contributed by atoms with Crippen molar-refractivity contribution < 1.29 is 0 Å². The molecule has 0 bridgehead atoms. The van der Waals surface area contributed by atoms with Gasteiger partial charge in [0.2, 0.25) is 0 Å². The van der Waals surface area contributed by atoms with Crippen LogP contribution in [0.2, 0.25) is 0 Å². The molecule has 2 atom stereocenters. The van der Waals surface area contributed by atoms with Crippen LogP contribution in [-0.4, -0.2) is 37.1 Å². The predicted octanol–water partition coefficient (Wildman–Crippen LogP) is 2.88. The van der Waals surface area contributed by atoms with E-state index in [1.807, 2.05) is 0 Å². The molecule has 1 aliphatic rings. The molecule has 1 rings (SSSR count). The highest BCUT2D eigenvalue weighted by Gasteiger charge is 2.29. The predicted molar refractivity (Wildman–Crippen MR) is 80.9 cm³/mol. The van der Waals surface area contributed by atoms with E-state index >= 15 is 0 Å². The Kier molecular flexibility index (Phi) is 6.29.